The molecule has 0 spiro atoms. The highest BCUT2D eigenvalue weighted by Crippen LogP contribution is 2.37. The lowest BCUT2D eigenvalue weighted by Gasteiger charge is -2.21. The Morgan fingerprint density at radius 2 is 1.72 bits per heavy atom. The van der Waals surface area contributed by atoms with Gasteiger partial charge in [0, 0.05) is 12.1 Å². The largest absolute Gasteiger partial charge is 0.354 e. The maximum absolute atomic E-state index is 14.5. The molecule has 0 aromatic heterocycles. The molecule has 8 heteroatoms. The quantitative estimate of drug-likeness (QED) is 0.751. The van der Waals surface area contributed by atoms with Gasteiger partial charge in [-0.05, 0) is 30.5 Å². The number of rotatable bonds is 6. The van der Waals surface area contributed by atoms with Crippen molar-refractivity contribution in [1.29, 1.82) is 0 Å². The molecule has 29 heavy (non-hydrogen) atoms. The number of carbonyl (C=O) groups is 1. The van der Waals surface area contributed by atoms with Crippen LogP contribution in [-0.4, -0.2) is 32.2 Å². The fourth-order valence-electron chi connectivity index (χ4n) is 3.53. The third kappa shape index (κ3) is 4.48. The SMILES string of the molecule is CC(C)CNC(=O)C1CC(S(=O)(=O)c2ccccc2F)C(c2ccccc2F)N1. The van der Waals surface area contributed by atoms with Crippen molar-refractivity contribution >= 4 is 15.7 Å². The monoisotopic (exact) mass is 422 g/mol. The molecule has 0 aliphatic carbocycles. The molecule has 1 heterocycles. The van der Waals surface area contributed by atoms with Gasteiger partial charge in [-0.25, -0.2) is 17.2 Å². The molecule has 2 aromatic carbocycles. The van der Waals surface area contributed by atoms with Crippen molar-refractivity contribution in [3.8, 4) is 0 Å². The van der Waals surface area contributed by atoms with E-state index in [0.717, 1.165) is 6.07 Å². The van der Waals surface area contributed by atoms with Crippen molar-refractivity contribution in [1.82, 2.24) is 10.6 Å². The Hall–Kier alpha value is -2.32. The Morgan fingerprint density at radius 3 is 2.34 bits per heavy atom. The minimum absolute atomic E-state index is 0.0837. The van der Waals surface area contributed by atoms with Crippen molar-refractivity contribution in [2.45, 2.75) is 42.5 Å². The number of halogens is 2. The lowest BCUT2D eigenvalue weighted by molar-refractivity contribution is -0.123. The van der Waals surface area contributed by atoms with Crippen LogP contribution in [0.4, 0.5) is 8.78 Å². The molecule has 1 aliphatic rings. The smallest absolute Gasteiger partial charge is 0.237 e. The van der Waals surface area contributed by atoms with E-state index in [1.165, 1.54) is 36.4 Å². The minimum atomic E-state index is -4.17. The zero-order chi connectivity index (χ0) is 21.2. The summed E-state index contributed by atoms with van der Waals surface area (Å²) in [5, 5.41) is 4.54. The molecule has 3 rings (SSSR count). The van der Waals surface area contributed by atoms with E-state index in [-0.39, 0.29) is 23.8 Å². The van der Waals surface area contributed by atoms with Crippen LogP contribution in [0.25, 0.3) is 0 Å². The number of nitrogens with one attached hydrogen (secondary N) is 2. The third-order valence-electron chi connectivity index (χ3n) is 5.00. The first-order valence-corrected chi connectivity index (χ1v) is 11.0. The van der Waals surface area contributed by atoms with Crippen molar-refractivity contribution in [2.75, 3.05) is 6.54 Å². The van der Waals surface area contributed by atoms with E-state index in [9.17, 15) is 22.0 Å². The van der Waals surface area contributed by atoms with Crippen LogP contribution in [0.1, 0.15) is 31.9 Å². The topological polar surface area (TPSA) is 75.3 Å². The van der Waals surface area contributed by atoms with E-state index >= 15 is 0 Å². The zero-order valence-electron chi connectivity index (χ0n) is 16.2. The highest BCUT2D eigenvalue weighted by molar-refractivity contribution is 7.92. The third-order valence-corrected chi connectivity index (χ3v) is 7.21. The van der Waals surface area contributed by atoms with Gasteiger partial charge < -0.3 is 5.32 Å². The molecule has 0 saturated carbocycles. The predicted octanol–water partition coefficient (Wildman–Crippen LogP) is 2.98. The molecule has 2 N–H and O–H groups in total. The van der Waals surface area contributed by atoms with Gasteiger partial charge in [0.15, 0.2) is 9.84 Å². The van der Waals surface area contributed by atoms with E-state index in [1.807, 2.05) is 13.8 Å². The second-order valence-corrected chi connectivity index (χ2v) is 9.74. The van der Waals surface area contributed by atoms with Crippen LogP contribution in [0.15, 0.2) is 53.4 Å². The first kappa shape index (κ1) is 21.4. The van der Waals surface area contributed by atoms with Crippen LogP contribution in [0.5, 0.6) is 0 Å². The number of sulfone groups is 1. The highest BCUT2D eigenvalue weighted by Gasteiger charge is 2.47. The Morgan fingerprint density at radius 1 is 1.10 bits per heavy atom. The summed E-state index contributed by atoms with van der Waals surface area (Å²) in [4.78, 5) is 12.1. The molecule has 1 fully saturated rings. The molecule has 3 atom stereocenters. The lowest BCUT2D eigenvalue weighted by Crippen LogP contribution is -2.42. The van der Waals surface area contributed by atoms with Crippen LogP contribution >= 0.6 is 0 Å². The van der Waals surface area contributed by atoms with Crippen LogP contribution in [0, 0.1) is 17.6 Å². The summed E-state index contributed by atoms with van der Waals surface area (Å²) in [6, 6.07) is 9.10. The Bertz CT molecular complexity index is 995. The van der Waals surface area contributed by atoms with Gasteiger partial charge in [-0.15, -0.1) is 0 Å². The average Bonchev–Trinajstić information content (AvgIpc) is 3.13. The van der Waals surface area contributed by atoms with Gasteiger partial charge in [0.1, 0.15) is 16.5 Å². The zero-order valence-corrected chi connectivity index (χ0v) is 17.0. The Kier molecular flexibility index (Phi) is 6.33. The second kappa shape index (κ2) is 8.59. The minimum Gasteiger partial charge on any atom is -0.354 e. The molecule has 1 aliphatic heterocycles. The normalized spacial score (nSPS) is 22.0. The number of carbonyl (C=O) groups excluding carboxylic acids is 1. The van der Waals surface area contributed by atoms with Gasteiger partial charge in [0.05, 0.1) is 17.3 Å². The Labute approximate surface area is 169 Å². The van der Waals surface area contributed by atoms with Crippen molar-refractivity contribution in [3.63, 3.8) is 0 Å². The molecule has 0 bridgehead atoms. The lowest BCUT2D eigenvalue weighted by atomic mass is 10.0. The predicted molar refractivity (Wildman–Crippen MR) is 106 cm³/mol. The van der Waals surface area contributed by atoms with Crippen LogP contribution in [-0.2, 0) is 14.6 Å². The first-order chi connectivity index (χ1) is 13.7. The molecule has 1 saturated heterocycles. The van der Waals surface area contributed by atoms with E-state index < -0.39 is 43.7 Å². The molecule has 156 valence electrons. The van der Waals surface area contributed by atoms with E-state index in [4.69, 9.17) is 0 Å². The van der Waals surface area contributed by atoms with Gasteiger partial charge in [0.2, 0.25) is 5.91 Å². The summed E-state index contributed by atoms with van der Waals surface area (Å²) in [6.45, 7) is 4.32. The van der Waals surface area contributed by atoms with E-state index in [1.54, 1.807) is 6.07 Å². The summed E-state index contributed by atoms with van der Waals surface area (Å²) in [5.41, 5.74) is 0.136. The highest BCUT2D eigenvalue weighted by atomic mass is 32.2. The average molecular weight is 422 g/mol. The summed E-state index contributed by atoms with van der Waals surface area (Å²) in [7, 11) is -4.17. The van der Waals surface area contributed by atoms with Gasteiger partial charge >= 0.3 is 0 Å². The first-order valence-electron chi connectivity index (χ1n) is 9.48. The maximum Gasteiger partial charge on any atom is 0.237 e. The van der Waals surface area contributed by atoms with Crippen molar-refractivity contribution in [3.05, 3.63) is 65.7 Å². The Balaban J connectivity index is 1.99. The van der Waals surface area contributed by atoms with Crippen molar-refractivity contribution in [2.24, 2.45) is 5.92 Å². The summed E-state index contributed by atoms with van der Waals surface area (Å²) in [6.07, 6.45) is -0.0837. The second-order valence-electron chi connectivity index (χ2n) is 7.61. The van der Waals surface area contributed by atoms with Gasteiger partial charge in [-0.1, -0.05) is 44.2 Å². The summed E-state index contributed by atoms with van der Waals surface area (Å²) in [5.74, 6) is -1.58. The number of benzene rings is 2. The number of amides is 1. The maximum atomic E-state index is 14.5. The van der Waals surface area contributed by atoms with Crippen molar-refractivity contribution < 1.29 is 22.0 Å². The fourth-order valence-corrected chi connectivity index (χ4v) is 5.50. The standard InChI is InChI=1S/C21H24F2N2O3S/c1-13(2)12-24-21(26)17-11-19(20(25-17)14-7-3-4-8-15(14)22)29(27,28)18-10-6-5-9-16(18)23/h3-10,13,17,19-20,25H,11-12H2,1-2H3,(H,24,26). The summed E-state index contributed by atoms with van der Waals surface area (Å²) >= 11 is 0. The van der Waals surface area contributed by atoms with Gasteiger partial charge in [-0.2, -0.15) is 0 Å². The molecule has 5 nitrogen and oxygen atoms in total. The van der Waals surface area contributed by atoms with Gasteiger partial charge in [0.25, 0.3) is 0 Å². The number of hydrogen-bond acceptors (Lipinski definition) is 4. The fraction of sp³-hybridized carbons (Fsp3) is 0.381. The van der Waals surface area contributed by atoms with Crippen LogP contribution < -0.4 is 10.6 Å². The molecular formula is C21H24F2N2O3S. The van der Waals surface area contributed by atoms with Crippen LogP contribution in [0.3, 0.4) is 0 Å². The molecule has 3 unspecified atom stereocenters. The number of hydrogen-bond donors (Lipinski definition) is 2. The molecule has 1 amide bonds. The molecule has 2 aromatic rings. The van der Waals surface area contributed by atoms with E-state index in [2.05, 4.69) is 10.6 Å². The molecule has 0 radical (unpaired) electrons. The van der Waals surface area contributed by atoms with Crippen LogP contribution in [0.2, 0.25) is 0 Å². The summed E-state index contributed by atoms with van der Waals surface area (Å²) < 4.78 is 55.2. The van der Waals surface area contributed by atoms with Gasteiger partial charge in [-0.3, -0.25) is 10.1 Å². The molecular weight excluding hydrogens is 398 g/mol. The van der Waals surface area contributed by atoms with E-state index in [0.29, 0.717) is 6.54 Å².